The van der Waals surface area contributed by atoms with Crippen molar-refractivity contribution in [2.24, 2.45) is 11.8 Å². The summed E-state index contributed by atoms with van der Waals surface area (Å²) in [5.41, 5.74) is -1.87. The zero-order valence-electron chi connectivity index (χ0n) is 22.4. The van der Waals surface area contributed by atoms with Crippen LogP contribution in [-0.4, -0.2) is 82.3 Å². The number of amides is 2. The molecule has 2 bridgehead atoms. The van der Waals surface area contributed by atoms with E-state index in [9.17, 15) is 19.5 Å². The second kappa shape index (κ2) is 11.7. The molecule has 4 rings (SSSR count). The lowest BCUT2D eigenvalue weighted by Gasteiger charge is -2.40. The molecule has 0 aromatic rings. The number of hydrogen-bond donors (Lipinski definition) is 1. The number of ether oxygens (including phenoxy) is 2. The van der Waals surface area contributed by atoms with Crippen LogP contribution in [0.4, 0.5) is 0 Å². The maximum Gasteiger partial charge on any atom is 0.312 e. The van der Waals surface area contributed by atoms with Crippen LogP contribution in [0.2, 0.25) is 0 Å². The highest BCUT2D eigenvalue weighted by Gasteiger charge is 2.78. The van der Waals surface area contributed by atoms with Gasteiger partial charge in [0.2, 0.25) is 11.8 Å². The third-order valence-electron chi connectivity index (χ3n) is 8.99. The molecule has 1 spiro atoms. The Morgan fingerprint density at radius 3 is 2.59 bits per heavy atom. The molecule has 1 saturated carbocycles. The van der Waals surface area contributed by atoms with Gasteiger partial charge in [0.05, 0.1) is 18.1 Å². The van der Waals surface area contributed by atoms with Gasteiger partial charge in [0, 0.05) is 25.7 Å². The summed E-state index contributed by atoms with van der Waals surface area (Å²) in [6, 6.07) is -0.671. The molecular weight excluding hydrogens is 472 g/mol. The van der Waals surface area contributed by atoms with E-state index in [1.165, 1.54) is 6.42 Å². The normalized spacial score (nSPS) is 32.9. The van der Waals surface area contributed by atoms with Crippen LogP contribution >= 0.6 is 0 Å². The lowest BCUT2D eigenvalue weighted by atomic mass is 9.66. The van der Waals surface area contributed by atoms with E-state index in [1.54, 1.807) is 17.1 Å². The quantitative estimate of drug-likeness (QED) is 0.229. The molecule has 4 aliphatic rings. The maximum atomic E-state index is 14.4. The van der Waals surface area contributed by atoms with E-state index in [4.69, 9.17) is 9.47 Å². The highest BCUT2D eigenvalue weighted by Crippen LogP contribution is 2.63. The van der Waals surface area contributed by atoms with Crippen LogP contribution in [0.15, 0.2) is 25.3 Å². The number of allylic oxidation sites excluding steroid dienone is 1. The fourth-order valence-corrected chi connectivity index (χ4v) is 7.30. The molecule has 1 aliphatic carbocycles. The molecule has 0 radical (unpaired) electrons. The average Bonchev–Trinajstić information content (AvgIpc) is 3.46. The third-order valence-corrected chi connectivity index (χ3v) is 8.99. The van der Waals surface area contributed by atoms with E-state index < -0.39 is 35.0 Å². The van der Waals surface area contributed by atoms with Crippen molar-refractivity contribution in [3.63, 3.8) is 0 Å². The third kappa shape index (κ3) is 4.99. The van der Waals surface area contributed by atoms with Crippen molar-refractivity contribution in [3.8, 4) is 0 Å². The molecule has 8 nitrogen and oxygen atoms in total. The van der Waals surface area contributed by atoms with Gasteiger partial charge in [-0.2, -0.15) is 0 Å². The Kier molecular flexibility index (Phi) is 8.79. The van der Waals surface area contributed by atoms with Crippen LogP contribution in [0, 0.1) is 11.8 Å². The number of rotatable bonds is 13. The van der Waals surface area contributed by atoms with Gasteiger partial charge in [-0.3, -0.25) is 14.4 Å². The Morgan fingerprint density at radius 1 is 1.16 bits per heavy atom. The number of carbonyl (C=O) groups is 3. The van der Waals surface area contributed by atoms with Crippen LogP contribution in [0.5, 0.6) is 0 Å². The van der Waals surface area contributed by atoms with E-state index in [-0.39, 0.29) is 31.1 Å². The fraction of sp³-hybridized carbons (Fsp3) is 0.759. The first-order valence-electron chi connectivity index (χ1n) is 14.1. The van der Waals surface area contributed by atoms with Crippen molar-refractivity contribution < 1.29 is 29.0 Å². The van der Waals surface area contributed by atoms with Gasteiger partial charge in [0.25, 0.3) is 0 Å². The summed E-state index contributed by atoms with van der Waals surface area (Å²) >= 11 is 0. The molecule has 3 saturated heterocycles. The zero-order valence-corrected chi connectivity index (χ0v) is 22.4. The van der Waals surface area contributed by atoms with Gasteiger partial charge < -0.3 is 24.4 Å². The minimum absolute atomic E-state index is 0.0219. The van der Waals surface area contributed by atoms with E-state index in [0.717, 1.165) is 32.1 Å². The van der Waals surface area contributed by atoms with Crippen molar-refractivity contribution >= 4 is 17.8 Å². The lowest BCUT2D eigenvalue weighted by molar-refractivity contribution is -0.160. The van der Waals surface area contributed by atoms with Gasteiger partial charge >= 0.3 is 5.97 Å². The van der Waals surface area contributed by atoms with Crippen molar-refractivity contribution in [1.82, 2.24) is 9.80 Å². The summed E-state index contributed by atoms with van der Waals surface area (Å²) in [5.74, 6) is -2.19. The molecule has 8 heteroatoms. The smallest absolute Gasteiger partial charge is 0.312 e. The van der Waals surface area contributed by atoms with E-state index in [0.29, 0.717) is 45.2 Å². The van der Waals surface area contributed by atoms with Gasteiger partial charge in [-0.1, -0.05) is 31.4 Å². The molecule has 206 valence electrons. The number of aliphatic hydroxyl groups excluding tert-OH is 1. The van der Waals surface area contributed by atoms with E-state index >= 15 is 0 Å². The fourth-order valence-electron chi connectivity index (χ4n) is 7.30. The molecule has 4 fully saturated rings. The summed E-state index contributed by atoms with van der Waals surface area (Å²) in [7, 11) is 0. The van der Waals surface area contributed by atoms with Crippen LogP contribution in [0.25, 0.3) is 0 Å². The monoisotopic (exact) mass is 516 g/mol. The molecule has 0 aromatic carbocycles. The first-order valence-corrected chi connectivity index (χ1v) is 14.1. The Morgan fingerprint density at radius 2 is 1.92 bits per heavy atom. The van der Waals surface area contributed by atoms with Gasteiger partial charge in [-0.15, -0.1) is 13.2 Å². The molecule has 2 amide bonds. The molecular formula is C29H44N2O6. The summed E-state index contributed by atoms with van der Waals surface area (Å²) in [5, 5.41) is 9.36. The van der Waals surface area contributed by atoms with Crippen LogP contribution in [0.1, 0.15) is 77.6 Å². The Bertz CT molecular complexity index is 886. The first kappa shape index (κ1) is 27.8. The topological polar surface area (TPSA) is 96.4 Å². The number of nitrogens with zero attached hydrogens (tertiary/aromatic N) is 2. The van der Waals surface area contributed by atoms with Crippen molar-refractivity contribution in [2.75, 3.05) is 26.3 Å². The number of esters is 1. The second-order valence-electron chi connectivity index (χ2n) is 11.4. The predicted octanol–water partition coefficient (Wildman–Crippen LogP) is 3.38. The van der Waals surface area contributed by atoms with E-state index in [2.05, 4.69) is 13.2 Å². The highest BCUT2D eigenvalue weighted by molar-refractivity contribution is 5.98. The lowest BCUT2D eigenvalue weighted by Crippen LogP contribution is -2.58. The molecule has 5 atom stereocenters. The van der Waals surface area contributed by atoms with Crippen molar-refractivity contribution in [3.05, 3.63) is 25.3 Å². The van der Waals surface area contributed by atoms with E-state index in [1.807, 2.05) is 11.8 Å². The van der Waals surface area contributed by atoms with Crippen molar-refractivity contribution in [1.29, 1.82) is 0 Å². The number of likely N-dealkylation sites (tertiary alicyclic amines) is 1. The molecule has 0 aromatic heterocycles. The SMILES string of the molecule is C=CCCCOC(=O)[C@H]1[C@H]2C(=O)N(CCCCO)C(C(=O)N(CC=C)C3CCCCC3)C23CC[C@]1(C)O3. The molecule has 3 aliphatic heterocycles. The highest BCUT2D eigenvalue weighted by atomic mass is 16.6. The average molecular weight is 517 g/mol. The summed E-state index contributed by atoms with van der Waals surface area (Å²) in [6.07, 6.45) is 12.5. The first-order chi connectivity index (χ1) is 17.8. The Labute approximate surface area is 221 Å². The van der Waals surface area contributed by atoms with Gasteiger partial charge in [-0.05, 0) is 58.3 Å². The van der Waals surface area contributed by atoms with Gasteiger partial charge in [0.1, 0.15) is 17.6 Å². The number of carbonyl (C=O) groups excluding carboxylic acids is 3. The number of hydrogen-bond acceptors (Lipinski definition) is 6. The number of fused-ring (bicyclic) bond motifs is 1. The van der Waals surface area contributed by atoms with Gasteiger partial charge in [0.15, 0.2) is 0 Å². The molecule has 3 heterocycles. The standard InChI is InChI=1S/C29H44N2O6/c1-4-6-12-20-36-27(35)23-22-25(33)31(18-10-11-19-32)24(29(22)16-15-28(23,3)37-29)26(34)30(17-5-2)21-13-8-7-9-14-21/h4-5,21-24,32H,1-2,6-20H2,3H3/t22-,23+,24?,28-,29?/m0/s1. The predicted molar refractivity (Wildman–Crippen MR) is 139 cm³/mol. The van der Waals surface area contributed by atoms with Crippen LogP contribution in [-0.2, 0) is 23.9 Å². The summed E-state index contributed by atoms with van der Waals surface area (Å²) < 4.78 is 12.3. The molecule has 2 unspecified atom stereocenters. The van der Waals surface area contributed by atoms with Gasteiger partial charge in [-0.25, -0.2) is 0 Å². The van der Waals surface area contributed by atoms with Crippen LogP contribution in [0.3, 0.4) is 0 Å². The largest absolute Gasteiger partial charge is 0.465 e. The molecule has 37 heavy (non-hydrogen) atoms. The Hall–Kier alpha value is -2.19. The number of unbranched alkanes of at least 4 members (excludes halogenated alkanes) is 2. The maximum absolute atomic E-state index is 14.4. The molecule has 1 N–H and O–H groups in total. The minimum atomic E-state index is -1.04. The minimum Gasteiger partial charge on any atom is -0.465 e. The second-order valence-corrected chi connectivity index (χ2v) is 11.4. The zero-order chi connectivity index (χ0) is 26.6. The number of aliphatic hydroxyl groups is 1. The van der Waals surface area contributed by atoms with Crippen LogP contribution < -0.4 is 0 Å². The Balaban J connectivity index is 1.66. The van der Waals surface area contributed by atoms with Crippen molar-refractivity contribution in [2.45, 2.75) is 101 Å². The summed E-state index contributed by atoms with van der Waals surface area (Å²) in [4.78, 5) is 45.4. The summed E-state index contributed by atoms with van der Waals surface area (Å²) in [6.45, 7) is 10.6.